The van der Waals surface area contributed by atoms with E-state index in [1.165, 1.54) is 63.4 Å². The Bertz CT molecular complexity index is 694. The Hall–Kier alpha value is -1.13. The number of hydrogen-bond acceptors (Lipinski definition) is 4. The third kappa shape index (κ3) is 12.5. The van der Waals surface area contributed by atoms with Crippen LogP contribution in [0.1, 0.15) is 83.1 Å². The molecule has 0 aromatic heterocycles. The van der Waals surface area contributed by atoms with Gasteiger partial charge in [-0.2, -0.15) is 0 Å². The molecule has 31 heavy (non-hydrogen) atoms. The fourth-order valence-corrected chi connectivity index (χ4v) is 4.83. The van der Waals surface area contributed by atoms with Gasteiger partial charge in [0.15, 0.2) is 0 Å². The molecule has 1 aromatic carbocycles. The van der Waals surface area contributed by atoms with E-state index in [0.717, 1.165) is 40.9 Å². The molecule has 0 saturated carbocycles. The van der Waals surface area contributed by atoms with Gasteiger partial charge in [-0.05, 0) is 51.3 Å². The van der Waals surface area contributed by atoms with Crippen LogP contribution >= 0.6 is 24.4 Å². The first-order valence-electron chi connectivity index (χ1n) is 12.1. The van der Waals surface area contributed by atoms with E-state index < -0.39 is 0 Å². The molecular formula is C27H41NOS2. The zero-order valence-electron chi connectivity index (χ0n) is 19.5. The number of rotatable bonds is 16. The third-order valence-corrected chi connectivity index (χ3v) is 7.22. The molecule has 4 heteroatoms. The van der Waals surface area contributed by atoms with E-state index in [2.05, 4.69) is 74.0 Å². The van der Waals surface area contributed by atoms with Crippen LogP contribution in [0.2, 0.25) is 0 Å². The molecule has 0 amide bonds. The highest BCUT2D eigenvalue weighted by atomic mass is 32.2. The molecule has 0 radical (unpaired) electrons. The lowest BCUT2D eigenvalue weighted by Crippen LogP contribution is -1.97. The maximum atomic E-state index is 5.79. The second-order valence-electron chi connectivity index (χ2n) is 8.56. The van der Waals surface area contributed by atoms with Crippen molar-refractivity contribution in [2.45, 2.75) is 90.5 Å². The molecule has 0 fully saturated rings. The SMILES string of the molecule is Cc1ccc(OCCCCCCCCCCCC/C=C/C=C(\S)C2=NC(C)CS2)cc1. The normalized spacial score (nSPS) is 16.8. The standard InChI is InChI=1S/C27H41NOS2/c1-23-17-19-25(20-18-23)29-21-15-13-11-9-7-5-3-4-6-8-10-12-14-16-26(30)27-28-24(2)22-31-27/h12,14,16-20,24,30H,3-11,13,15,21-22H2,1-2H3/b14-12+,26-16-. The summed E-state index contributed by atoms with van der Waals surface area (Å²) in [4.78, 5) is 5.59. The van der Waals surface area contributed by atoms with Crippen LogP contribution in [-0.2, 0) is 0 Å². The van der Waals surface area contributed by atoms with Crippen molar-refractivity contribution in [2.24, 2.45) is 4.99 Å². The number of thiol groups is 1. The molecule has 0 aliphatic carbocycles. The molecule has 1 unspecified atom stereocenters. The Kier molecular flexibility index (Phi) is 13.9. The molecule has 0 bridgehead atoms. The molecule has 0 spiro atoms. The maximum Gasteiger partial charge on any atom is 0.119 e. The Morgan fingerprint density at radius 3 is 2.23 bits per heavy atom. The van der Waals surface area contributed by atoms with E-state index in [0.29, 0.717) is 6.04 Å². The van der Waals surface area contributed by atoms with Gasteiger partial charge in [0.25, 0.3) is 0 Å². The molecule has 1 aliphatic heterocycles. The molecule has 1 atom stereocenters. The van der Waals surface area contributed by atoms with Gasteiger partial charge < -0.3 is 4.74 Å². The number of aryl methyl sites for hydroxylation is 1. The number of benzene rings is 1. The van der Waals surface area contributed by atoms with Crippen LogP contribution in [0.5, 0.6) is 5.75 Å². The molecule has 1 heterocycles. The quantitative estimate of drug-likeness (QED) is 0.152. The number of allylic oxidation sites excluding steroid dienone is 3. The lowest BCUT2D eigenvalue weighted by atomic mass is 10.1. The van der Waals surface area contributed by atoms with E-state index in [1.807, 2.05) is 11.8 Å². The summed E-state index contributed by atoms with van der Waals surface area (Å²) in [6.45, 7) is 5.10. The van der Waals surface area contributed by atoms with Crippen molar-refractivity contribution < 1.29 is 4.74 Å². The van der Waals surface area contributed by atoms with Gasteiger partial charge in [0, 0.05) is 10.7 Å². The number of thioether (sulfide) groups is 1. The van der Waals surface area contributed by atoms with Crippen LogP contribution in [0.25, 0.3) is 0 Å². The van der Waals surface area contributed by atoms with Gasteiger partial charge in [0.2, 0.25) is 0 Å². The first-order valence-corrected chi connectivity index (χ1v) is 13.5. The van der Waals surface area contributed by atoms with Crippen LogP contribution in [0.15, 0.2) is 52.4 Å². The Balaban J connectivity index is 1.33. The predicted octanol–water partition coefficient (Wildman–Crippen LogP) is 8.57. The van der Waals surface area contributed by atoms with Gasteiger partial charge in [0.05, 0.1) is 12.6 Å². The topological polar surface area (TPSA) is 21.6 Å². The number of ether oxygens (including phenoxy) is 1. The highest BCUT2D eigenvalue weighted by Gasteiger charge is 2.14. The third-order valence-electron chi connectivity index (χ3n) is 5.46. The minimum absolute atomic E-state index is 0.434. The van der Waals surface area contributed by atoms with E-state index in [-0.39, 0.29) is 0 Å². The van der Waals surface area contributed by atoms with Crippen molar-refractivity contribution in [1.82, 2.24) is 0 Å². The van der Waals surface area contributed by atoms with E-state index in [1.54, 1.807) is 0 Å². The highest BCUT2D eigenvalue weighted by molar-refractivity contribution is 8.16. The van der Waals surface area contributed by atoms with Crippen LogP contribution < -0.4 is 4.74 Å². The number of unbranched alkanes of at least 4 members (excludes halogenated alkanes) is 10. The monoisotopic (exact) mass is 459 g/mol. The van der Waals surface area contributed by atoms with Crippen molar-refractivity contribution in [1.29, 1.82) is 0 Å². The van der Waals surface area contributed by atoms with Crippen LogP contribution in [-0.4, -0.2) is 23.4 Å². The zero-order chi connectivity index (χ0) is 22.2. The van der Waals surface area contributed by atoms with Gasteiger partial charge in [-0.3, -0.25) is 4.99 Å². The summed E-state index contributed by atoms with van der Waals surface area (Å²) in [6.07, 6.45) is 21.0. The van der Waals surface area contributed by atoms with Crippen molar-refractivity contribution in [3.05, 3.63) is 53.0 Å². The summed E-state index contributed by atoms with van der Waals surface area (Å²) in [6, 6.07) is 8.77. The van der Waals surface area contributed by atoms with E-state index in [4.69, 9.17) is 4.74 Å². The second-order valence-corrected chi connectivity index (χ2v) is 10.1. The van der Waals surface area contributed by atoms with Crippen molar-refractivity contribution in [3.8, 4) is 5.75 Å². The Morgan fingerprint density at radius 2 is 1.61 bits per heavy atom. The summed E-state index contributed by atoms with van der Waals surface area (Å²) in [5, 5.41) is 1.09. The van der Waals surface area contributed by atoms with E-state index >= 15 is 0 Å². The first kappa shape index (κ1) is 26.1. The summed E-state index contributed by atoms with van der Waals surface area (Å²) < 4.78 is 5.79. The fraction of sp³-hybridized carbons (Fsp3) is 0.593. The minimum Gasteiger partial charge on any atom is -0.494 e. The van der Waals surface area contributed by atoms with Crippen molar-refractivity contribution >= 4 is 29.4 Å². The average Bonchev–Trinajstić information content (AvgIpc) is 3.21. The van der Waals surface area contributed by atoms with Gasteiger partial charge in [-0.15, -0.1) is 24.4 Å². The number of aliphatic imine (C=N–C) groups is 1. The van der Waals surface area contributed by atoms with Crippen LogP contribution in [0, 0.1) is 6.92 Å². The fourth-order valence-electron chi connectivity index (χ4n) is 3.54. The van der Waals surface area contributed by atoms with Crippen molar-refractivity contribution in [2.75, 3.05) is 12.4 Å². The van der Waals surface area contributed by atoms with Crippen LogP contribution in [0.4, 0.5) is 0 Å². The van der Waals surface area contributed by atoms with Gasteiger partial charge in [-0.25, -0.2) is 0 Å². The molecule has 0 saturated heterocycles. The summed E-state index contributed by atoms with van der Waals surface area (Å²) in [5.41, 5.74) is 1.28. The van der Waals surface area contributed by atoms with E-state index in [9.17, 15) is 0 Å². The summed E-state index contributed by atoms with van der Waals surface area (Å²) >= 11 is 6.37. The van der Waals surface area contributed by atoms with Crippen LogP contribution in [0.3, 0.4) is 0 Å². The Morgan fingerprint density at radius 1 is 1.00 bits per heavy atom. The summed E-state index contributed by atoms with van der Waals surface area (Å²) in [7, 11) is 0. The minimum atomic E-state index is 0.434. The van der Waals surface area contributed by atoms with Gasteiger partial charge in [-0.1, -0.05) is 81.2 Å². The molecule has 172 valence electrons. The largest absolute Gasteiger partial charge is 0.494 e. The van der Waals surface area contributed by atoms with Gasteiger partial charge >= 0.3 is 0 Å². The molecular weight excluding hydrogens is 418 g/mol. The zero-order valence-corrected chi connectivity index (χ0v) is 21.2. The molecule has 1 aromatic rings. The molecule has 2 nitrogen and oxygen atoms in total. The average molecular weight is 460 g/mol. The molecule has 0 N–H and O–H groups in total. The van der Waals surface area contributed by atoms with Crippen molar-refractivity contribution in [3.63, 3.8) is 0 Å². The maximum absolute atomic E-state index is 5.79. The van der Waals surface area contributed by atoms with Gasteiger partial charge in [0.1, 0.15) is 10.8 Å². The summed E-state index contributed by atoms with van der Waals surface area (Å²) in [5.74, 6) is 2.08. The lowest BCUT2D eigenvalue weighted by molar-refractivity contribution is 0.304. The second kappa shape index (κ2) is 16.5. The number of hydrogen-bond donors (Lipinski definition) is 1. The molecule has 2 rings (SSSR count). The highest BCUT2D eigenvalue weighted by Crippen LogP contribution is 2.24. The molecule has 1 aliphatic rings. The number of nitrogens with zero attached hydrogens (tertiary/aromatic N) is 1. The lowest BCUT2D eigenvalue weighted by Gasteiger charge is -2.06. The smallest absolute Gasteiger partial charge is 0.119 e. The predicted molar refractivity (Wildman–Crippen MR) is 143 cm³/mol. The first-order chi connectivity index (χ1) is 15.1. The Labute approximate surface area is 200 Å².